The topological polar surface area (TPSA) is 56.3 Å². The van der Waals surface area contributed by atoms with Crippen molar-refractivity contribution in [2.75, 3.05) is 6.61 Å². The maximum absolute atomic E-state index is 11.9. The number of hydrogen-bond donors (Lipinski definition) is 0. The third kappa shape index (κ3) is 2.19. The number of ether oxygens (including phenoxy) is 1. The highest BCUT2D eigenvalue weighted by atomic mass is 32.1. The van der Waals surface area contributed by atoms with Crippen molar-refractivity contribution >= 4 is 33.3 Å². The first-order chi connectivity index (χ1) is 8.13. The first-order valence-corrected chi connectivity index (χ1v) is 6.02. The van der Waals surface area contributed by atoms with Crippen molar-refractivity contribution in [1.29, 1.82) is 0 Å². The number of ketones is 1. The number of carbonyl (C=O) groups excluding carboxylic acids is 2. The number of Topliss-reactive ketones (excluding diaryl/α,β-unsaturated/α-hetero) is 1. The first kappa shape index (κ1) is 11.7. The Morgan fingerprint density at radius 3 is 2.88 bits per heavy atom. The summed E-state index contributed by atoms with van der Waals surface area (Å²) in [7, 11) is 0. The number of rotatable bonds is 3. The van der Waals surface area contributed by atoms with Gasteiger partial charge in [-0.3, -0.25) is 4.79 Å². The lowest BCUT2D eigenvalue weighted by atomic mass is 10.1. The Labute approximate surface area is 102 Å². The van der Waals surface area contributed by atoms with Gasteiger partial charge in [-0.1, -0.05) is 6.07 Å². The molecule has 0 fully saturated rings. The van der Waals surface area contributed by atoms with Crippen LogP contribution in [0.4, 0.5) is 0 Å². The highest BCUT2D eigenvalue weighted by Crippen LogP contribution is 2.25. The van der Waals surface area contributed by atoms with Crippen molar-refractivity contribution in [3.8, 4) is 0 Å². The van der Waals surface area contributed by atoms with E-state index in [0.29, 0.717) is 5.56 Å². The predicted octanol–water partition coefficient (Wildman–Crippen LogP) is 2.35. The number of aryl methyl sites for hydroxylation is 1. The lowest BCUT2D eigenvalue weighted by Crippen LogP contribution is -2.17. The average Bonchev–Trinajstić information content (AvgIpc) is 2.68. The monoisotopic (exact) mass is 249 g/mol. The zero-order valence-electron chi connectivity index (χ0n) is 9.52. The van der Waals surface area contributed by atoms with Crippen LogP contribution in [0.2, 0.25) is 0 Å². The SMILES string of the molecule is CCOC(=O)C(=O)c1cccc2nc(C)sc12. The van der Waals surface area contributed by atoms with Crippen LogP contribution in [0.25, 0.3) is 10.2 Å². The molecule has 0 aliphatic heterocycles. The van der Waals surface area contributed by atoms with E-state index < -0.39 is 11.8 Å². The van der Waals surface area contributed by atoms with Gasteiger partial charge in [-0.2, -0.15) is 0 Å². The molecule has 1 aromatic carbocycles. The number of thiazole rings is 1. The molecule has 0 aliphatic rings. The Hall–Kier alpha value is -1.75. The van der Waals surface area contributed by atoms with Gasteiger partial charge in [0, 0.05) is 5.56 Å². The van der Waals surface area contributed by atoms with Crippen molar-refractivity contribution in [2.45, 2.75) is 13.8 Å². The van der Waals surface area contributed by atoms with Gasteiger partial charge >= 0.3 is 5.97 Å². The van der Waals surface area contributed by atoms with Crippen LogP contribution in [-0.2, 0) is 9.53 Å². The number of aromatic nitrogens is 1. The Balaban J connectivity index is 2.48. The summed E-state index contributed by atoms with van der Waals surface area (Å²) in [6.07, 6.45) is 0. The van der Waals surface area contributed by atoms with Gasteiger partial charge < -0.3 is 4.74 Å². The minimum atomic E-state index is -0.814. The molecule has 0 unspecified atom stereocenters. The van der Waals surface area contributed by atoms with E-state index in [9.17, 15) is 9.59 Å². The van der Waals surface area contributed by atoms with E-state index in [1.807, 2.05) is 13.0 Å². The van der Waals surface area contributed by atoms with E-state index in [1.54, 1.807) is 19.1 Å². The number of esters is 1. The maximum Gasteiger partial charge on any atom is 0.379 e. The number of carbonyl (C=O) groups is 2. The summed E-state index contributed by atoms with van der Waals surface area (Å²) >= 11 is 1.40. The Kier molecular flexibility index (Phi) is 3.19. The van der Waals surface area contributed by atoms with Crippen molar-refractivity contribution in [3.63, 3.8) is 0 Å². The third-order valence-corrected chi connectivity index (χ3v) is 3.25. The molecular weight excluding hydrogens is 238 g/mol. The molecule has 0 saturated carbocycles. The van der Waals surface area contributed by atoms with E-state index in [1.165, 1.54) is 11.3 Å². The second-order valence-corrected chi connectivity index (χ2v) is 4.64. The van der Waals surface area contributed by atoms with Crippen LogP contribution in [0.1, 0.15) is 22.3 Å². The molecule has 0 aliphatic carbocycles. The lowest BCUT2D eigenvalue weighted by Gasteiger charge is -2.01. The summed E-state index contributed by atoms with van der Waals surface area (Å²) in [5.41, 5.74) is 1.11. The highest BCUT2D eigenvalue weighted by Gasteiger charge is 2.21. The number of hydrogen-bond acceptors (Lipinski definition) is 5. The molecule has 5 heteroatoms. The summed E-state index contributed by atoms with van der Waals surface area (Å²) in [4.78, 5) is 27.5. The molecule has 17 heavy (non-hydrogen) atoms. The van der Waals surface area contributed by atoms with E-state index in [-0.39, 0.29) is 6.61 Å². The van der Waals surface area contributed by atoms with Gasteiger partial charge in [0.25, 0.3) is 5.78 Å². The largest absolute Gasteiger partial charge is 0.460 e. The van der Waals surface area contributed by atoms with Crippen LogP contribution >= 0.6 is 11.3 Å². The average molecular weight is 249 g/mol. The Morgan fingerprint density at radius 2 is 2.18 bits per heavy atom. The fourth-order valence-corrected chi connectivity index (χ4v) is 2.47. The normalized spacial score (nSPS) is 10.5. The maximum atomic E-state index is 11.9. The van der Waals surface area contributed by atoms with Gasteiger partial charge in [0.2, 0.25) is 0 Å². The van der Waals surface area contributed by atoms with Crippen molar-refractivity contribution in [3.05, 3.63) is 28.8 Å². The standard InChI is InChI=1S/C12H11NO3S/c1-3-16-12(15)10(14)8-5-4-6-9-11(8)17-7(2)13-9/h4-6H,3H2,1-2H3. The summed E-state index contributed by atoms with van der Waals surface area (Å²) in [5.74, 6) is -1.42. The molecule has 0 N–H and O–H groups in total. The first-order valence-electron chi connectivity index (χ1n) is 5.21. The molecular formula is C12H11NO3S. The molecule has 1 aromatic heterocycles. The Morgan fingerprint density at radius 1 is 1.41 bits per heavy atom. The minimum absolute atomic E-state index is 0.197. The molecule has 0 saturated heterocycles. The van der Waals surface area contributed by atoms with Crippen LogP contribution < -0.4 is 0 Å². The van der Waals surface area contributed by atoms with Gasteiger partial charge in [0.15, 0.2) is 0 Å². The summed E-state index contributed by atoms with van der Waals surface area (Å²) in [5, 5.41) is 0.865. The van der Waals surface area contributed by atoms with Crippen LogP contribution in [0.15, 0.2) is 18.2 Å². The van der Waals surface area contributed by atoms with Gasteiger partial charge in [-0.25, -0.2) is 9.78 Å². The molecule has 0 radical (unpaired) electrons. The van der Waals surface area contributed by atoms with Crippen LogP contribution in [0, 0.1) is 6.92 Å². The molecule has 0 atom stereocenters. The molecule has 0 amide bonds. The minimum Gasteiger partial charge on any atom is -0.460 e. The molecule has 0 spiro atoms. The quantitative estimate of drug-likeness (QED) is 0.476. The van der Waals surface area contributed by atoms with Gasteiger partial charge in [0.1, 0.15) is 0 Å². The lowest BCUT2D eigenvalue weighted by molar-refractivity contribution is -0.137. The second-order valence-electron chi connectivity index (χ2n) is 3.44. The Bertz CT molecular complexity index is 588. The molecule has 88 valence electrons. The fourth-order valence-electron chi connectivity index (χ4n) is 1.55. The predicted molar refractivity (Wildman–Crippen MR) is 65.3 cm³/mol. The number of benzene rings is 1. The molecule has 2 aromatic rings. The van der Waals surface area contributed by atoms with E-state index in [2.05, 4.69) is 4.98 Å². The molecule has 2 rings (SSSR count). The van der Waals surface area contributed by atoms with Crippen LogP contribution in [-0.4, -0.2) is 23.3 Å². The zero-order chi connectivity index (χ0) is 12.4. The van der Waals surface area contributed by atoms with E-state index in [0.717, 1.165) is 15.2 Å². The summed E-state index contributed by atoms with van der Waals surface area (Å²) in [6.45, 7) is 3.73. The second kappa shape index (κ2) is 4.63. The zero-order valence-corrected chi connectivity index (χ0v) is 10.3. The van der Waals surface area contributed by atoms with E-state index in [4.69, 9.17) is 4.74 Å². The van der Waals surface area contributed by atoms with Crippen LogP contribution in [0.3, 0.4) is 0 Å². The molecule has 0 bridgehead atoms. The van der Waals surface area contributed by atoms with E-state index >= 15 is 0 Å². The van der Waals surface area contributed by atoms with Crippen LogP contribution in [0.5, 0.6) is 0 Å². The molecule has 1 heterocycles. The van der Waals surface area contributed by atoms with Crippen molar-refractivity contribution in [1.82, 2.24) is 4.98 Å². The fraction of sp³-hybridized carbons (Fsp3) is 0.250. The number of fused-ring (bicyclic) bond motifs is 1. The van der Waals surface area contributed by atoms with Crippen molar-refractivity contribution in [2.24, 2.45) is 0 Å². The van der Waals surface area contributed by atoms with Crippen molar-refractivity contribution < 1.29 is 14.3 Å². The van der Waals surface area contributed by atoms with Gasteiger partial charge in [-0.15, -0.1) is 11.3 Å². The molecule has 4 nitrogen and oxygen atoms in total. The summed E-state index contributed by atoms with van der Waals surface area (Å²) in [6, 6.07) is 5.16. The smallest absolute Gasteiger partial charge is 0.379 e. The highest BCUT2D eigenvalue weighted by molar-refractivity contribution is 7.19. The third-order valence-electron chi connectivity index (χ3n) is 2.23. The summed E-state index contributed by atoms with van der Waals surface area (Å²) < 4.78 is 5.45. The van der Waals surface area contributed by atoms with Gasteiger partial charge in [0.05, 0.1) is 21.8 Å². The number of nitrogens with zero attached hydrogens (tertiary/aromatic N) is 1. The van der Waals surface area contributed by atoms with Gasteiger partial charge in [-0.05, 0) is 26.0 Å².